The van der Waals surface area contributed by atoms with Gasteiger partial charge in [0.15, 0.2) is 0 Å². The van der Waals surface area contributed by atoms with Crippen molar-refractivity contribution in [2.75, 3.05) is 6.54 Å². The molecule has 0 aliphatic rings. The average Bonchev–Trinajstić information content (AvgIpc) is 2.27. The molecule has 1 amide bonds. The maximum Gasteiger partial charge on any atom is 0.222 e. The molecule has 1 atom stereocenters. The van der Waals surface area contributed by atoms with Gasteiger partial charge in [-0.05, 0) is 12.1 Å². The van der Waals surface area contributed by atoms with Crippen molar-refractivity contribution in [2.45, 2.75) is 30.9 Å². The summed E-state index contributed by atoms with van der Waals surface area (Å²) < 4.78 is 0. The zero-order chi connectivity index (χ0) is 12.0. The van der Waals surface area contributed by atoms with Crippen molar-refractivity contribution in [1.82, 2.24) is 5.32 Å². The van der Waals surface area contributed by atoms with Crippen molar-refractivity contribution in [2.24, 2.45) is 5.92 Å². The van der Waals surface area contributed by atoms with E-state index in [-0.39, 0.29) is 11.8 Å². The van der Waals surface area contributed by atoms with Crippen molar-refractivity contribution in [3.63, 3.8) is 0 Å². The van der Waals surface area contributed by atoms with E-state index < -0.39 is 0 Å². The summed E-state index contributed by atoms with van der Waals surface area (Å²) in [4.78, 5) is 12.6. The Morgan fingerprint density at radius 3 is 2.44 bits per heavy atom. The second kappa shape index (κ2) is 6.59. The maximum atomic E-state index is 11.4. The molecule has 0 heterocycles. The third kappa shape index (κ3) is 4.71. The third-order valence-electron chi connectivity index (χ3n) is 2.17. The van der Waals surface area contributed by atoms with Gasteiger partial charge in [-0.1, -0.05) is 39.0 Å². The van der Waals surface area contributed by atoms with Crippen LogP contribution in [0.3, 0.4) is 0 Å². The Balaban J connectivity index is 2.31. The molecule has 2 nitrogen and oxygen atoms in total. The fourth-order valence-electron chi connectivity index (χ4n) is 1.22. The molecule has 3 heteroatoms. The molecule has 0 aliphatic heterocycles. The standard InChI is InChI=1S/C13H19NOS/c1-10(2)13(15)14-9-11(3)16-12-7-5-4-6-8-12/h4-8,10-11H,9H2,1-3H3,(H,14,15). The molecular weight excluding hydrogens is 218 g/mol. The van der Waals surface area contributed by atoms with Crippen LogP contribution in [0.2, 0.25) is 0 Å². The zero-order valence-electron chi connectivity index (χ0n) is 10.1. The predicted molar refractivity (Wildman–Crippen MR) is 69.6 cm³/mol. The average molecular weight is 237 g/mol. The quantitative estimate of drug-likeness (QED) is 0.798. The number of amides is 1. The van der Waals surface area contributed by atoms with Gasteiger partial charge in [-0.3, -0.25) is 4.79 Å². The van der Waals surface area contributed by atoms with Crippen molar-refractivity contribution in [3.8, 4) is 0 Å². The number of carbonyl (C=O) groups is 1. The fraction of sp³-hybridized carbons (Fsp3) is 0.462. The van der Waals surface area contributed by atoms with Gasteiger partial charge in [0.1, 0.15) is 0 Å². The lowest BCUT2D eigenvalue weighted by Gasteiger charge is -2.13. The van der Waals surface area contributed by atoms with E-state index in [1.54, 1.807) is 11.8 Å². The van der Waals surface area contributed by atoms with E-state index in [0.29, 0.717) is 5.25 Å². The van der Waals surface area contributed by atoms with Gasteiger partial charge >= 0.3 is 0 Å². The first-order valence-electron chi connectivity index (χ1n) is 5.59. The topological polar surface area (TPSA) is 29.1 Å². The molecule has 1 N–H and O–H groups in total. The smallest absolute Gasteiger partial charge is 0.222 e. The van der Waals surface area contributed by atoms with Crippen LogP contribution in [0.5, 0.6) is 0 Å². The van der Waals surface area contributed by atoms with Crippen LogP contribution in [0.15, 0.2) is 35.2 Å². The highest BCUT2D eigenvalue weighted by Gasteiger charge is 2.09. The molecule has 0 fully saturated rings. The van der Waals surface area contributed by atoms with E-state index in [0.717, 1.165) is 6.54 Å². The summed E-state index contributed by atoms with van der Waals surface area (Å²) in [6.07, 6.45) is 0. The Labute approximate surface area is 102 Å². The number of hydrogen-bond donors (Lipinski definition) is 1. The highest BCUT2D eigenvalue weighted by Crippen LogP contribution is 2.21. The molecule has 1 rings (SSSR count). The van der Waals surface area contributed by atoms with E-state index in [1.165, 1.54) is 4.90 Å². The molecule has 0 saturated carbocycles. The Hall–Kier alpha value is -0.960. The molecule has 0 radical (unpaired) electrons. The molecule has 0 saturated heterocycles. The molecule has 0 spiro atoms. The predicted octanol–water partition coefficient (Wildman–Crippen LogP) is 2.94. The van der Waals surface area contributed by atoms with Crippen LogP contribution in [-0.2, 0) is 4.79 Å². The number of benzene rings is 1. The number of rotatable bonds is 5. The van der Waals surface area contributed by atoms with Crippen LogP contribution in [0.4, 0.5) is 0 Å². The SMILES string of the molecule is CC(CNC(=O)C(C)C)Sc1ccccc1. The van der Waals surface area contributed by atoms with Crippen LogP contribution < -0.4 is 5.32 Å². The summed E-state index contributed by atoms with van der Waals surface area (Å²) in [5.41, 5.74) is 0. The lowest BCUT2D eigenvalue weighted by Crippen LogP contribution is -2.32. The molecule has 0 bridgehead atoms. The lowest BCUT2D eigenvalue weighted by molar-refractivity contribution is -0.123. The van der Waals surface area contributed by atoms with E-state index in [1.807, 2.05) is 32.0 Å². The summed E-state index contributed by atoms with van der Waals surface area (Å²) in [7, 11) is 0. The summed E-state index contributed by atoms with van der Waals surface area (Å²) in [6.45, 7) is 6.66. The third-order valence-corrected chi connectivity index (χ3v) is 3.28. The van der Waals surface area contributed by atoms with E-state index in [4.69, 9.17) is 0 Å². The summed E-state index contributed by atoms with van der Waals surface area (Å²) in [6, 6.07) is 10.2. The second-order valence-electron chi connectivity index (χ2n) is 4.14. The molecule has 16 heavy (non-hydrogen) atoms. The van der Waals surface area contributed by atoms with Crippen molar-refractivity contribution in [3.05, 3.63) is 30.3 Å². The Kier molecular flexibility index (Phi) is 5.39. The van der Waals surface area contributed by atoms with Gasteiger partial charge in [-0.25, -0.2) is 0 Å². The Morgan fingerprint density at radius 1 is 1.25 bits per heavy atom. The van der Waals surface area contributed by atoms with Crippen molar-refractivity contribution in [1.29, 1.82) is 0 Å². The molecule has 0 aliphatic carbocycles. The minimum absolute atomic E-state index is 0.0638. The molecule has 1 aromatic rings. The van der Waals surface area contributed by atoms with E-state index in [2.05, 4.69) is 24.4 Å². The minimum Gasteiger partial charge on any atom is -0.355 e. The van der Waals surface area contributed by atoms with Gasteiger partial charge in [-0.15, -0.1) is 11.8 Å². The minimum atomic E-state index is 0.0638. The second-order valence-corrected chi connectivity index (χ2v) is 5.65. The van der Waals surface area contributed by atoms with Crippen LogP contribution in [0.25, 0.3) is 0 Å². The number of nitrogens with one attached hydrogen (secondary N) is 1. The molecule has 88 valence electrons. The van der Waals surface area contributed by atoms with Crippen molar-refractivity contribution >= 4 is 17.7 Å². The number of hydrogen-bond acceptors (Lipinski definition) is 2. The normalized spacial score (nSPS) is 12.5. The van der Waals surface area contributed by atoms with Gasteiger partial charge in [0, 0.05) is 22.6 Å². The van der Waals surface area contributed by atoms with Crippen LogP contribution in [0.1, 0.15) is 20.8 Å². The van der Waals surface area contributed by atoms with Gasteiger partial charge in [0.2, 0.25) is 5.91 Å². The fourth-order valence-corrected chi connectivity index (χ4v) is 2.17. The number of carbonyl (C=O) groups excluding carboxylic acids is 1. The lowest BCUT2D eigenvalue weighted by atomic mass is 10.2. The first-order valence-corrected chi connectivity index (χ1v) is 6.47. The van der Waals surface area contributed by atoms with Crippen molar-refractivity contribution < 1.29 is 4.79 Å². The molecule has 0 aromatic heterocycles. The van der Waals surface area contributed by atoms with Gasteiger partial charge < -0.3 is 5.32 Å². The maximum absolute atomic E-state index is 11.4. The Morgan fingerprint density at radius 2 is 1.88 bits per heavy atom. The summed E-state index contributed by atoms with van der Waals surface area (Å²) in [5.74, 6) is 0.189. The highest BCUT2D eigenvalue weighted by atomic mass is 32.2. The Bertz CT molecular complexity index is 324. The molecular formula is C13H19NOS. The van der Waals surface area contributed by atoms with Gasteiger partial charge in [0.05, 0.1) is 0 Å². The zero-order valence-corrected chi connectivity index (χ0v) is 10.9. The largest absolute Gasteiger partial charge is 0.355 e. The van der Waals surface area contributed by atoms with Gasteiger partial charge in [-0.2, -0.15) is 0 Å². The monoisotopic (exact) mass is 237 g/mol. The molecule has 1 aromatic carbocycles. The number of thioether (sulfide) groups is 1. The van der Waals surface area contributed by atoms with Crippen LogP contribution in [-0.4, -0.2) is 17.7 Å². The van der Waals surface area contributed by atoms with Gasteiger partial charge in [0.25, 0.3) is 0 Å². The van der Waals surface area contributed by atoms with Crippen LogP contribution >= 0.6 is 11.8 Å². The first kappa shape index (κ1) is 13.1. The van der Waals surface area contributed by atoms with E-state index >= 15 is 0 Å². The summed E-state index contributed by atoms with van der Waals surface area (Å²) in [5, 5.41) is 3.34. The van der Waals surface area contributed by atoms with E-state index in [9.17, 15) is 4.79 Å². The molecule has 1 unspecified atom stereocenters. The highest BCUT2D eigenvalue weighted by molar-refractivity contribution is 8.00. The first-order chi connectivity index (χ1) is 7.59. The summed E-state index contributed by atoms with van der Waals surface area (Å²) >= 11 is 1.78. The van der Waals surface area contributed by atoms with Crippen LogP contribution in [0, 0.1) is 5.92 Å².